The molecule has 6 aromatic rings. The molecular formula is C28H22FN5O5. The minimum Gasteiger partial charge on any atom is -0.480 e. The van der Waals surface area contributed by atoms with E-state index in [2.05, 4.69) is 15.2 Å². The summed E-state index contributed by atoms with van der Waals surface area (Å²) in [6.07, 6.45) is 0.636. The summed E-state index contributed by atoms with van der Waals surface area (Å²) in [5, 5.41) is 18.3. The first-order valence-electron chi connectivity index (χ1n) is 12.2. The third kappa shape index (κ3) is 3.69. The molecule has 0 fully saturated rings. The van der Waals surface area contributed by atoms with E-state index in [1.165, 1.54) is 17.7 Å². The van der Waals surface area contributed by atoms with Gasteiger partial charge in [-0.2, -0.15) is 0 Å². The molecule has 0 saturated carbocycles. The Morgan fingerprint density at radius 3 is 2.59 bits per heavy atom. The van der Waals surface area contributed by atoms with Crippen LogP contribution in [0.15, 0.2) is 64.2 Å². The van der Waals surface area contributed by atoms with Gasteiger partial charge in [0.25, 0.3) is 5.56 Å². The van der Waals surface area contributed by atoms with Crippen LogP contribution < -0.4 is 16.0 Å². The lowest BCUT2D eigenvalue weighted by Crippen LogP contribution is -2.34. The first-order chi connectivity index (χ1) is 18.8. The van der Waals surface area contributed by atoms with Crippen LogP contribution in [0, 0.1) is 5.82 Å². The van der Waals surface area contributed by atoms with Crippen molar-refractivity contribution in [1.29, 1.82) is 0 Å². The molecule has 0 unspecified atom stereocenters. The predicted octanol–water partition coefficient (Wildman–Crippen LogP) is 3.97. The van der Waals surface area contributed by atoms with E-state index in [0.29, 0.717) is 33.7 Å². The average Bonchev–Trinajstić information content (AvgIpc) is 3.46. The Morgan fingerprint density at radius 1 is 1.05 bits per heavy atom. The van der Waals surface area contributed by atoms with Gasteiger partial charge in [0.1, 0.15) is 5.82 Å². The number of methoxy groups -OCH3 is 1. The van der Waals surface area contributed by atoms with Crippen molar-refractivity contribution in [3.8, 4) is 11.6 Å². The molecule has 196 valence electrons. The van der Waals surface area contributed by atoms with Gasteiger partial charge in [0.2, 0.25) is 5.88 Å². The molecule has 0 atom stereocenters. The van der Waals surface area contributed by atoms with Crippen LogP contribution in [0.1, 0.15) is 28.5 Å². The number of para-hydroxylation sites is 1. The number of hydrogen-bond donors (Lipinski definition) is 3. The molecule has 0 saturated heterocycles. The van der Waals surface area contributed by atoms with E-state index < -0.39 is 23.0 Å². The second-order valence-corrected chi connectivity index (χ2v) is 9.13. The Kier molecular flexibility index (Phi) is 5.56. The molecule has 3 N–H and O–H groups in total. The summed E-state index contributed by atoms with van der Waals surface area (Å²) >= 11 is 0. The Labute approximate surface area is 218 Å². The zero-order valence-corrected chi connectivity index (χ0v) is 20.9. The van der Waals surface area contributed by atoms with Crippen molar-refractivity contribution in [2.45, 2.75) is 19.9 Å². The fraction of sp³-hybridized carbons (Fsp3) is 0.143. The lowest BCUT2D eigenvalue weighted by atomic mass is 10.1. The molecular weight excluding hydrogens is 505 g/mol. The molecule has 3 aromatic heterocycles. The van der Waals surface area contributed by atoms with E-state index in [1.54, 1.807) is 42.5 Å². The maximum absolute atomic E-state index is 15.2. The molecule has 11 heteroatoms. The number of nitrogens with one attached hydrogen (secondary N) is 2. The normalized spacial score (nSPS) is 11.6. The minimum absolute atomic E-state index is 0.0767. The highest BCUT2D eigenvalue weighted by Crippen LogP contribution is 2.32. The van der Waals surface area contributed by atoms with Crippen LogP contribution in [-0.2, 0) is 13.0 Å². The number of carbonyl (C=O) groups is 1. The monoisotopic (exact) mass is 527 g/mol. The number of rotatable bonds is 6. The zero-order chi connectivity index (χ0) is 27.4. The summed E-state index contributed by atoms with van der Waals surface area (Å²) < 4.78 is 22.8. The number of carboxylic acid groups (broad SMARTS) is 1. The molecule has 6 rings (SSSR count). The van der Waals surface area contributed by atoms with E-state index in [-0.39, 0.29) is 34.8 Å². The van der Waals surface area contributed by atoms with Gasteiger partial charge in [-0.3, -0.25) is 9.89 Å². The molecule has 0 bridgehead atoms. The van der Waals surface area contributed by atoms with E-state index in [9.17, 15) is 19.5 Å². The highest BCUT2D eigenvalue weighted by atomic mass is 19.1. The van der Waals surface area contributed by atoms with Gasteiger partial charge in [0.05, 0.1) is 46.7 Å². The number of H-pyrrole nitrogens is 2. The topological polar surface area (TPSA) is 135 Å². The summed E-state index contributed by atoms with van der Waals surface area (Å²) in [5.41, 5.74) is 0.400. The van der Waals surface area contributed by atoms with Crippen LogP contribution in [0.2, 0.25) is 0 Å². The van der Waals surface area contributed by atoms with Crippen molar-refractivity contribution >= 4 is 38.7 Å². The second kappa shape index (κ2) is 8.98. The van der Waals surface area contributed by atoms with Gasteiger partial charge >= 0.3 is 11.7 Å². The molecule has 3 heterocycles. The summed E-state index contributed by atoms with van der Waals surface area (Å²) in [4.78, 5) is 42.3. The number of aromatic amines is 2. The van der Waals surface area contributed by atoms with Crippen molar-refractivity contribution in [1.82, 2.24) is 24.3 Å². The Bertz CT molecular complexity index is 2070. The standard InChI is InChI=1S/C28H22FN5O5/c1-3-14-8-9-22-18(10-14)23(34-26(35)16-6-4-5-7-20(16)30-28(34)38)24(27(36)37)33(22)13-15-11-17-21(12-19(15)29)31-32-25(17)39-2/h4-12H,3,13H2,1-2H3,(H,30,38)(H,31,32)(H,36,37). The van der Waals surface area contributed by atoms with Crippen LogP contribution in [0.4, 0.5) is 4.39 Å². The van der Waals surface area contributed by atoms with Crippen LogP contribution in [0.3, 0.4) is 0 Å². The predicted molar refractivity (Wildman–Crippen MR) is 144 cm³/mol. The SMILES string of the molecule is CCc1ccc2c(c1)c(-n1c(=O)[nH]c3ccccc3c1=O)c(C(=O)O)n2Cc1cc2c(OC)n[nH]c2cc1F. The summed E-state index contributed by atoms with van der Waals surface area (Å²) in [6.45, 7) is 1.74. The first kappa shape index (κ1) is 24.2. The smallest absolute Gasteiger partial charge is 0.354 e. The Morgan fingerprint density at radius 2 is 1.85 bits per heavy atom. The van der Waals surface area contributed by atoms with Crippen LogP contribution >= 0.6 is 0 Å². The Balaban J connectivity index is 1.69. The number of aromatic carboxylic acids is 1. The molecule has 3 aromatic carbocycles. The maximum Gasteiger partial charge on any atom is 0.354 e. The van der Waals surface area contributed by atoms with E-state index in [4.69, 9.17) is 4.74 Å². The Hall–Kier alpha value is -5.19. The minimum atomic E-state index is -1.37. The zero-order valence-electron chi connectivity index (χ0n) is 20.9. The number of benzene rings is 3. The summed E-state index contributed by atoms with van der Waals surface area (Å²) in [5.74, 6) is -1.69. The fourth-order valence-corrected chi connectivity index (χ4v) is 5.08. The second-order valence-electron chi connectivity index (χ2n) is 9.13. The molecule has 0 amide bonds. The average molecular weight is 528 g/mol. The largest absolute Gasteiger partial charge is 0.480 e. The quantitative estimate of drug-likeness (QED) is 0.300. The van der Waals surface area contributed by atoms with Crippen molar-refractivity contribution in [3.05, 3.63) is 98.1 Å². The number of ether oxygens (including phenoxy) is 1. The highest BCUT2D eigenvalue weighted by Gasteiger charge is 2.27. The molecule has 0 spiro atoms. The van der Waals surface area contributed by atoms with Gasteiger partial charge in [-0.25, -0.2) is 18.5 Å². The number of nitrogens with zero attached hydrogens (tertiary/aromatic N) is 3. The number of fused-ring (bicyclic) bond motifs is 3. The van der Waals surface area contributed by atoms with Gasteiger partial charge in [-0.1, -0.05) is 25.1 Å². The van der Waals surface area contributed by atoms with E-state index in [0.717, 1.165) is 10.1 Å². The number of carboxylic acids is 1. The van der Waals surface area contributed by atoms with Gasteiger partial charge in [-0.15, -0.1) is 5.10 Å². The molecule has 39 heavy (non-hydrogen) atoms. The van der Waals surface area contributed by atoms with Gasteiger partial charge in [-0.05, 0) is 42.3 Å². The number of aromatic nitrogens is 5. The van der Waals surface area contributed by atoms with Gasteiger partial charge in [0, 0.05) is 17.0 Å². The lowest BCUT2D eigenvalue weighted by Gasteiger charge is -2.11. The van der Waals surface area contributed by atoms with E-state index in [1.807, 2.05) is 13.0 Å². The third-order valence-corrected chi connectivity index (χ3v) is 6.96. The van der Waals surface area contributed by atoms with Crippen molar-refractivity contribution in [3.63, 3.8) is 0 Å². The number of halogens is 1. The molecule has 0 radical (unpaired) electrons. The van der Waals surface area contributed by atoms with Crippen molar-refractivity contribution < 1.29 is 19.0 Å². The van der Waals surface area contributed by atoms with Crippen LogP contribution in [0.5, 0.6) is 5.88 Å². The molecule has 10 nitrogen and oxygen atoms in total. The summed E-state index contributed by atoms with van der Waals surface area (Å²) in [7, 11) is 1.44. The van der Waals surface area contributed by atoms with E-state index >= 15 is 4.39 Å². The number of hydrogen-bond acceptors (Lipinski definition) is 5. The van der Waals surface area contributed by atoms with Gasteiger partial charge < -0.3 is 19.4 Å². The lowest BCUT2D eigenvalue weighted by molar-refractivity contribution is 0.0686. The van der Waals surface area contributed by atoms with Gasteiger partial charge in [0.15, 0.2) is 5.69 Å². The fourth-order valence-electron chi connectivity index (χ4n) is 5.08. The molecule has 0 aliphatic rings. The third-order valence-electron chi connectivity index (χ3n) is 6.96. The number of aryl methyl sites for hydroxylation is 1. The molecule has 0 aliphatic heterocycles. The maximum atomic E-state index is 15.2. The first-order valence-corrected chi connectivity index (χ1v) is 12.2. The van der Waals surface area contributed by atoms with Crippen LogP contribution in [0.25, 0.3) is 38.4 Å². The van der Waals surface area contributed by atoms with Crippen molar-refractivity contribution in [2.24, 2.45) is 0 Å². The van der Waals surface area contributed by atoms with Crippen LogP contribution in [-0.4, -0.2) is 42.5 Å². The highest BCUT2D eigenvalue weighted by molar-refractivity contribution is 6.03. The molecule has 0 aliphatic carbocycles. The van der Waals surface area contributed by atoms with Crippen molar-refractivity contribution in [2.75, 3.05) is 7.11 Å². The summed E-state index contributed by atoms with van der Waals surface area (Å²) in [6, 6.07) is 14.6.